The van der Waals surface area contributed by atoms with Gasteiger partial charge in [0.2, 0.25) is 5.91 Å². The zero-order valence-electron chi connectivity index (χ0n) is 17.5. The third kappa shape index (κ3) is 6.66. The van der Waals surface area contributed by atoms with E-state index in [1.54, 1.807) is 6.07 Å². The summed E-state index contributed by atoms with van der Waals surface area (Å²) in [6, 6.07) is 4.50. The fourth-order valence-electron chi connectivity index (χ4n) is 2.96. The van der Waals surface area contributed by atoms with Crippen molar-refractivity contribution in [3.8, 4) is 11.5 Å². The highest BCUT2D eigenvalue weighted by atomic mass is 16.5. The van der Waals surface area contributed by atoms with Gasteiger partial charge in [-0.1, -0.05) is 19.9 Å². The van der Waals surface area contributed by atoms with Crippen LogP contribution in [0.2, 0.25) is 0 Å². The van der Waals surface area contributed by atoms with Crippen molar-refractivity contribution in [1.82, 2.24) is 10.2 Å². The number of carbonyl (C=O) groups excluding carboxylic acids is 3. The first-order valence-corrected chi connectivity index (χ1v) is 9.82. The van der Waals surface area contributed by atoms with Crippen LogP contribution < -0.4 is 14.8 Å². The van der Waals surface area contributed by atoms with E-state index in [0.29, 0.717) is 37.1 Å². The minimum absolute atomic E-state index is 0.177. The van der Waals surface area contributed by atoms with Crippen molar-refractivity contribution in [3.63, 3.8) is 0 Å². The summed E-state index contributed by atoms with van der Waals surface area (Å²) in [5.74, 6) is 0.152. The molecule has 29 heavy (non-hydrogen) atoms. The second-order valence-electron chi connectivity index (χ2n) is 7.44. The van der Waals surface area contributed by atoms with Gasteiger partial charge in [0.15, 0.2) is 18.1 Å². The standard InChI is InChI=1S/C21H30N2O6/c1-14(2)7-10-28-20(25)12-16-21(26)22-8-9-23(16)19(24)13-29-17-6-5-15(3)11-18(17)27-4/h5-6,11,14,16H,7-10,12-13H2,1-4H3,(H,22,26). The van der Waals surface area contributed by atoms with E-state index in [1.807, 2.05) is 32.9 Å². The Bertz CT molecular complexity index is 734. The van der Waals surface area contributed by atoms with Crippen LogP contribution in [0.5, 0.6) is 11.5 Å². The van der Waals surface area contributed by atoms with Gasteiger partial charge in [-0.05, 0) is 37.0 Å². The summed E-state index contributed by atoms with van der Waals surface area (Å²) < 4.78 is 16.1. The molecule has 1 aliphatic rings. The Morgan fingerprint density at radius 1 is 1.28 bits per heavy atom. The Morgan fingerprint density at radius 2 is 2.03 bits per heavy atom. The lowest BCUT2D eigenvalue weighted by Gasteiger charge is -2.34. The first-order chi connectivity index (χ1) is 13.8. The average molecular weight is 406 g/mol. The van der Waals surface area contributed by atoms with Gasteiger partial charge in [0, 0.05) is 13.1 Å². The van der Waals surface area contributed by atoms with Crippen LogP contribution in [0, 0.1) is 12.8 Å². The number of carbonyl (C=O) groups is 3. The van der Waals surface area contributed by atoms with Crippen molar-refractivity contribution in [2.45, 2.75) is 39.7 Å². The summed E-state index contributed by atoms with van der Waals surface area (Å²) in [6.07, 6.45) is 0.570. The highest BCUT2D eigenvalue weighted by Gasteiger charge is 2.35. The van der Waals surface area contributed by atoms with Gasteiger partial charge in [0.25, 0.3) is 5.91 Å². The highest BCUT2D eigenvalue weighted by molar-refractivity contribution is 5.92. The first-order valence-electron chi connectivity index (χ1n) is 9.82. The molecule has 0 aromatic heterocycles. The molecule has 1 heterocycles. The zero-order valence-corrected chi connectivity index (χ0v) is 17.5. The van der Waals surface area contributed by atoms with Crippen LogP contribution in [-0.4, -0.2) is 62.1 Å². The topological polar surface area (TPSA) is 94.2 Å². The lowest BCUT2D eigenvalue weighted by atomic mass is 10.1. The predicted octanol–water partition coefficient (Wildman–Crippen LogP) is 1.69. The van der Waals surface area contributed by atoms with Crippen molar-refractivity contribution in [2.24, 2.45) is 5.92 Å². The summed E-state index contributed by atoms with van der Waals surface area (Å²) in [7, 11) is 1.53. The normalized spacial score (nSPS) is 16.4. The molecule has 1 N–H and O–H groups in total. The molecule has 1 fully saturated rings. The maximum atomic E-state index is 12.7. The number of aryl methyl sites for hydroxylation is 1. The van der Waals surface area contributed by atoms with Gasteiger partial charge < -0.3 is 24.4 Å². The minimum Gasteiger partial charge on any atom is -0.493 e. The van der Waals surface area contributed by atoms with Gasteiger partial charge in [-0.2, -0.15) is 0 Å². The van der Waals surface area contributed by atoms with E-state index in [2.05, 4.69) is 5.32 Å². The molecule has 1 saturated heterocycles. The van der Waals surface area contributed by atoms with Gasteiger partial charge in [0.1, 0.15) is 6.04 Å². The molecule has 2 rings (SSSR count). The van der Waals surface area contributed by atoms with E-state index >= 15 is 0 Å². The third-order valence-corrected chi connectivity index (χ3v) is 4.64. The molecule has 2 amide bonds. The fourth-order valence-corrected chi connectivity index (χ4v) is 2.96. The largest absolute Gasteiger partial charge is 0.493 e. The number of nitrogens with zero attached hydrogens (tertiary/aromatic N) is 1. The third-order valence-electron chi connectivity index (χ3n) is 4.64. The van der Waals surface area contributed by atoms with Crippen LogP contribution in [0.25, 0.3) is 0 Å². The molecule has 8 heteroatoms. The summed E-state index contributed by atoms with van der Waals surface area (Å²) in [5.41, 5.74) is 1.00. The molecule has 0 spiro atoms. The maximum absolute atomic E-state index is 12.7. The number of hydrogen-bond acceptors (Lipinski definition) is 6. The van der Waals surface area contributed by atoms with Crippen LogP contribution in [0.4, 0.5) is 0 Å². The van der Waals surface area contributed by atoms with Crippen LogP contribution in [-0.2, 0) is 19.1 Å². The van der Waals surface area contributed by atoms with Crippen LogP contribution >= 0.6 is 0 Å². The van der Waals surface area contributed by atoms with Crippen molar-refractivity contribution in [3.05, 3.63) is 23.8 Å². The summed E-state index contributed by atoms with van der Waals surface area (Å²) in [5, 5.41) is 2.69. The molecule has 1 unspecified atom stereocenters. The molecule has 1 atom stereocenters. The second kappa shape index (κ2) is 10.7. The van der Waals surface area contributed by atoms with Crippen LogP contribution in [0.15, 0.2) is 18.2 Å². The molecule has 1 aromatic carbocycles. The zero-order chi connectivity index (χ0) is 21.4. The number of rotatable bonds is 9. The number of ether oxygens (including phenoxy) is 3. The van der Waals surface area contributed by atoms with E-state index < -0.39 is 12.0 Å². The predicted molar refractivity (Wildman–Crippen MR) is 107 cm³/mol. The van der Waals surface area contributed by atoms with Gasteiger partial charge in [-0.15, -0.1) is 0 Å². The number of methoxy groups -OCH3 is 1. The highest BCUT2D eigenvalue weighted by Crippen LogP contribution is 2.27. The van der Waals surface area contributed by atoms with E-state index in [1.165, 1.54) is 12.0 Å². The molecule has 1 aromatic rings. The molecular formula is C21H30N2O6. The minimum atomic E-state index is -0.897. The van der Waals surface area contributed by atoms with E-state index in [0.717, 1.165) is 12.0 Å². The number of nitrogens with one attached hydrogen (secondary N) is 1. The molecule has 8 nitrogen and oxygen atoms in total. The SMILES string of the molecule is COc1cc(C)ccc1OCC(=O)N1CCNC(=O)C1CC(=O)OCCC(C)C. The fraction of sp³-hybridized carbons (Fsp3) is 0.571. The van der Waals surface area contributed by atoms with Gasteiger partial charge in [-0.3, -0.25) is 14.4 Å². The molecule has 0 saturated carbocycles. The molecule has 0 bridgehead atoms. The monoisotopic (exact) mass is 406 g/mol. The lowest BCUT2D eigenvalue weighted by Crippen LogP contribution is -2.58. The number of hydrogen-bond donors (Lipinski definition) is 1. The van der Waals surface area contributed by atoms with Crippen LogP contribution in [0.3, 0.4) is 0 Å². The summed E-state index contributed by atoms with van der Waals surface area (Å²) in [4.78, 5) is 38.5. The summed E-state index contributed by atoms with van der Waals surface area (Å²) in [6.45, 7) is 6.67. The maximum Gasteiger partial charge on any atom is 0.308 e. The van der Waals surface area contributed by atoms with E-state index in [-0.39, 0.29) is 24.8 Å². The Balaban J connectivity index is 1.97. The quantitative estimate of drug-likeness (QED) is 0.627. The smallest absolute Gasteiger partial charge is 0.308 e. The van der Waals surface area contributed by atoms with E-state index in [4.69, 9.17) is 14.2 Å². The van der Waals surface area contributed by atoms with Crippen molar-refractivity contribution in [2.75, 3.05) is 33.4 Å². The number of esters is 1. The molecule has 160 valence electrons. The molecular weight excluding hydrogens is 376 g/mol. The van der Waals surface area contributed by atoms with Crippen LogP contribution in [0.1, 0.15) is 32.3 Å². The Morgan fingerprint density at radius 3 is 2.72 bits per heavy atom. The Labute approximate surface area is 171 Å². The Hall–Kier alpha value is -2.77. The first kappa shape index (κ1) is 22.5. The molecule has 1 aliphatic heterocycles. The molecule has 0 aliphatic carbocycles. The van der Waals surface area contributed by atoms with Crippen molar-refractivity contribution < 1.29 is 28.6 Å². The number of piperazine rings is 1. The second-order valence-corrected chi connectivity index (χ2v) is 7.44. The average Bonchev–Trinajstić information content (AvgIpc) is 2.67. The summed E-state index contributed by atoms with van der Waals surface area (Å²) >= 11 is 0. The van der Waals surface area contributed by atoms with Gasteiger partial charge >= 0.3 is 5.97 Å². The van der Waals surface area contributed by atoms with E-state index in [9.17, 15) is 14.4 Å². The number of benzene rings is 1. The number of amides is 2. The van der Waals surface area contributed by atoms with Crippen molar-refractivity contribution >= 4 is 17.8 Å². The van der Waals surface area contributed by atoms with Gasteiger partial charge in [0.05, 0.1) is 20.1 Å². The van der Waals surface area contributed by atoms with Crippen molar-refractivity contribution in [1.29, 1.82) is 0 Å². The Kier molecular flexibility index (Phi) is 8.30. The van der Waals surface area contributed by atoms with Gasteiger partial charge in [-0.25, -0.2) is 0 Å². The lowest BCUT2D eigenvalue weighted by molar-refractivity contribution is -0.152. The molecule has 0 radical (unpaired) electrons.